The van der Waals surface area contributed by atoms with Gasteiger partial charge in [0.25, 0.3) is 0 Å². The van der Waals surface area contributed by atoms with E-state index in [-0.39, 0.29) is 6.61 Å². The average Bonchev–Trinajstić information content (AvgIpc) is 2.70. The first-order chi connectivity index (χ1) is 7.24. The Bertz CT molecular complexity index is 482. The summed E-state index contributed by atoms with van der Waals surface area (Å²) in [5.74, 6) is 0.449. The fourth-order valence-electron chi connectivity index (χ4n) is 1.28. The standard InChI is InChI=1S/C10H7Cl2NO2/c11-7-3-1-2-6(9(7)12)10-8(4-14)13-5-15-10/h1-3,5,14H,4H2. The lowest BCUT2D eigenvalue weighted by Crippen LogP contribution is -1.87. The van der Waals surface area contributed by atoms with Crippen LogP contribution >= 0.6 is 23.2 Å². The molecule has 0 saturated heterocycles. The number of halogens is 2. The van der Waals surface area contributed by atoms with Gasteiger partial charge in [-0.3, -0.25) is 0 Å². The molecule has 15 heavy (non-hydrogen) atoms. The van der Waals surface area contributed by atoms with Crippen molar-refractivity contribution in [3.8, 4) is 11.3 Å². The first kappa shape index (κ1) is 10.5. The van der Waals surface area contributed by atoms with Crippen molar-refractivity contribution in [3.63, 3.8) is 0 Å². The highest BCUT2D eigenvalue weighted by Crippen LogP contribution is 2.34. The van der Waals surface area contributed by atoms with Crippen molar-refractivity contribution in [1.29, 1.82) is 0 Å². The summed E-state index contributed by atoms with van der Waals surface area (Å²) >= 11 is 11.9. The highest BCUT2D eigenvalue weighted by molar-refractivity contribution is 6.43. The third-order valence-corrected chi connectivity index (χ3v) is 2.81. The van der Waals surface area contributed by atoms with Crippen molar-refractivity contribution in [2.45, 2.75) is 6.61 Å². The van der Waals surface area contributed by atoms with Crippen molar-refractivity contribution in [1.82, 2.24) is 4.98 Å². The fourth-order valence-corrected chi connectivity index (χ4v) is 1.67. The smallest absolute Gasteiger partial charge is 0.181 e. The average molecular weight is 244 g/mol. The molecule has 0 aliphatic carbocycles. The number of rotatable bonds is 2. The molecule has 2 rings (SSSR count). The molecule has 78 valence electrons. The van der Waals surface area contributed by atoms with Gasteiger partial charge in [0.05, 0.1) is 16.7 Å². The first-order valence-corrected chi connectivity index (χ1v) is 4.97. The van der Waals surface area contributed by atoms with Gasteiger partial charge in [0.15, 0.2) is 12.2 Å². The lowest BCUT2D eigenvalue weighted by atomic mass is 10.1. The third kappa shape index (κ3) is 1.86. The number of hydrogen-bond donors (Lipinski definition) is 1. The largest absolute Gasteiger partial charge is 0.443 e. The van der Waals surface area contributed by atoms with Crippen LogP contribution in [0.25, 0.3) is 11.3 Å². The third-order valence-electron chi connectivity index (χ3n) is 1.99. The molecule has 0 amide bonds. The predicted octanol–water partition coefficient (Wildman–Crippen LogP) is 3.14. The van der Waals surface area contributed by atoms with E-state index in [9.17, 15) is 0 Å². The van der Waals surface area contributed by atoms with Gasteiger partial charge in [-0.05, 0) is 12.1 Å². The van der Waals surface area contributed by atoms with Crippen LogP contribution in [0, 0.1) is 0 Å². The number of oxazole rings is 1. The first-order valence-electron chi connectivity index (χ1n) is 4.21. The zero-order valence-electron chi connectivity index (χ0n) is 7.58. The molecule has 0 bridgehead atoms. The Morgan fingerprint density at radius 2 is 2.13 bits per heavy atom. The van der Waals surface area contributed by atoms with Crippen LogP contribution in [0.1, 0.15) is 5.69 Å². The van der Waals surface area contributed by atoms with E-state index in [1.54, 1.807) is 18.2 Å². The quantitative estimate of drug-likeness (QED) is 0.882. The Morgan fingerprint density at radius 3 is 2.87 bits per heavy atom. The normalized spacial score (nSPS) is 10.6. The van der Waals surface area contributed by atoms with Gasteiger partial charge < -0.3 is 9.52 Å². The molecule has 1 N–H and O–H groups in total. The Hall–Kier alpha value is -1.03. The number of benzene rings is 1. The maximum Gasteiger partial charge on any atom is 0.181 e. The van der Waals surface area contributed by atoms with Crippen molar-refractivity contribution in [2.24, 2.45) is 0 Å². The van der Waals surface area contributed by atoms with Gasteiger partial charge in [0, 0.05) is 5.56 Å². The summed E-state index contributed by atoms with van der Waals surface area (Å²) in [6, 6.07) is 5.20. The molecule has 0 aliphatic heterocycles. The van der Waals surface area contributed by atoms with Crippen LogP contribution in [0.15, 0.2) is 29.0 Å². The van der Waals surface area contributed by atoms with Crippen LogP contribution in [0.2, 0.25) is 10.0 Å². The zero-order chi connectivity index (χ0) is 10.8. The van der Waals surface area contributed by atoms with E-state index >= 15 is 0 Å². The molecule has 0 fully saturated rings. The maximum absolute atomic E-state index is 9.03. The van der Waals surface area contributed by atoms with Gasteiger partial charge in [-0.1, -0.05) is 29.3 Å². The number of aliphatic hydroxyl groups excluding tert-OH is 1. The van der Waals surface area contributed by atoms with E-state index in [4.69, 9.17) is 32.7 Å². The van der Waals surface area contributed by atoms with Crippen molar-refractivity contribution in [3.05, 3.63) is 40.3 Å². The summed E-state index contributed by atoms with van der Waals surface area (Å²) in [4.78, 5) is 3.86. The number of aromatic nitrogens is 1. The molecular formula is C10H7Cl2NO2. The van der Waals surface area contributed by atoms with Gasteiger partial charge in [0.2, 0.25) is 0 Å². The molecule has 0 aliphatic rings. The van der Waals surface area contributed by atoms with Crippen LogP contribution < -0.4 is 0 Å². The summed E-state index contributed by atoms with van der Waals surface area (Å²) in [5.41, 5.74) is 1.07. The lowest BCUT2D eigenvalue weighted by molar-refractivity contribution is 0.277. The Balaban J connectivity index is 2.59. The maximum atomic E-state index is 9.03. The Labute approximate surface area is 96.3 Å². The van der Waals surface area contributed by atoms with Gasteiger partial charge >= 0.3 is 0 Å². The second-order valence-corrected chi connectivity index (χ2v) is 3.67. The summed E-state index contributed by atoms with van der Waals surface area (Å²) in [6.07, 6.45) is 1.26. The second-order valence-electron chi connectivity index (χ2n) is 2.89. The van der Waals surface area contributed by atoms with Gasteiger partial charge in [-0.25, -0.2) is 4.98 Å². The molecule has 0 saturated carbocycles. The molecule has 0 atom stereocenters. The molecule has 1 heterocycles. The topological polar surface area (TPSA) is 46.3 Å². The summed E-state index contributed by atoms with van der Waals surface area (Å²) in [5, 5.41) is 9.86. The minimum Gasteiger partial charge on any atom is -0.443 e. The second kappa shape index (κ2) is 4.23. The molecule has 0 spiro atoms. The molecule has 5 heteroatoms. The molecule has 3 nitrogen and oxygen atoms in total. The summed E-state index contributed by atoms with van der Waals surface area (Å²) in [7, 11) is 0. The van der Waals surface area contributed by atoms with Crippen molar-refractivity contribution >= 4 is 23.2 Å². The lowest BCUT2D eigenvalue weighted by Gasteiger charge is -2.03. The molecule has 1 aromatic heterocycles. The van der Waals surface area contributed by atoms with Gasteiger partial charge in [-0.2, -0.15) is 0 Å². The van der Waals surface area contributed by atoms with Crippen LogP contribution in [0.5, 0.6) is 0 Å². The molecule has 0 radical (unpaired) electrons. The van der Waals surface area contributed by atoms with Crippen LogP contribution in [0.4, 0.5) is 0 Å². The SMILES string of the molecule is OCc1ncoc1-c1cccc(Cl)c1Cl. The Kier molecular flexibility index (Phi) is 2.95. The van der Waals surface area contributed by atoms with Gasteiger partial charge in [-0.15, -0.1) is 0 Å². The highest BCUT2D eigenvalue weighted by Gasteiger charge is 2.14. The highest BCUT2D eigenvalue weighted by atomic mass is 35.5. The molecule has 0 unspecified atom stereocenters. The van der Waals surface area contributed by atoms with Gasteiger partial charge in [0.1, 0.15) is 5.69 Å². The van der Waals surface area contributed by atoms with E-state index in [1.807, 2.05) is 0 Å². The summed E-state index contributed by atoms with van der Waals surface area (Å²) in [6.45, 7) is -0.200. The van der Waals surface area contributed by atoms with Crippen molar-refractivity contribution in [2.75, 3.05) is 0 Å². The molecule has 1 aromatic carbocycles. The fraction of sp³-hybridized carbons (Fsp3) is 0.100. The number of aliphatic hydroxyl groups is 1. The van der Waals surface area contributed by atoms with Crippen LogP contribution in [0.3, 0.4) is 0 Å². The van der Waals surface area contributed by atoms with E-state index in [0.717, 1.165) is 0 Å². The van der Waals surface area contributed by atoms with Crippen molar-refractivity contribution < 1.29 is 9.52 Å². The minimum atomic E-state index is -0.200. The zero-order valence-corrected chi connectivity index (χ0v) is 9.09. The Morgan fingerprint density at radius 1 is 1.33 bits per heavy atom. The number of hydrogen-bond acceptors (Lipinski definition) is 3. The summed E-state index contributed by atoms with van der Waals surface area (Å²) < 4.78 is 5.16. The number of nitrogens with zero attached hydrogens (tertiary/aromatic N) is 1. The molecular weight excluding hydrogens is 237 g/mol. The van der Waals surface area contributed by atoms with Crippen LogP contribution in [-0.2, 0) is 6.61 Å². The van der Waals surface area contributed by atoms with E-state index < -0.39 is 0 Å². The van der Waals surface area contributed by atoms with E-state index in [2.05, 4.69) is 4.98 Å². The monoisotopic (exact) mass is 243 g/mol. The van der Waals surface area contributed by atoms with Crippen LogP contribution in [-0.4, -0.2) is 10.1 Å². The van der Waals surface area contributed by atoms with E-state index in [0.29, 0.717) is 27.1 Å². The molecule has 2 aromatic rings. The van der Waals surface area contributed by atoms with E-state index in [1.165, 1.54) is 6.39 Å². The minimum absolute atomic E-state index is 0.200. The predicted molar refractivity (Wildman–Crippen MR) is 57.9 cm³/mol.